The minimum absolute atomic E-state index is 0.254. The molecule has 0 fully saturated rings. The molecule has 91 heavy (non-hydrogen) atoms. The van der Waals surface area contributed by atoms with Crippen molar-refractivity contribution in [2.45, 2.75) is 63.2 Å². The van der Waals surface area contributed by atoms with Gasteiger partial charge in [0.05, 0.1) is 10.8 Å². The maximum absolute atomic E-state index is 7.18. The molecule has 3 heteroatoms. The van der Waals surface area contributed by atoms with Gasteiger partial charge in [0.2, 0.25) is 0 Å². The van der Waals surface area contributed by atoms with Gasteiger partial charge in [0, 0.05) is 55.0 Å². The van der Waals surface area contributed by atoms with Gasteiger partial charge in [0.1, 0.15) is 22.3 Å². The second kappa shape index (κ2) is 18.4. The molecular weight excluding hydrogens is 1100 g/mol. The fourth-order valence-electron chi connectivity index (χ4n) is 18.0. The summed E-state index contributed by atoms with van der Waals surface area (Å²) < 4.78 is 14.0. The number of aryl methyl sites for hydroxylation is 2. The zero-order valence-corrected chi connectivity index (χ0v) is 51.7. The standard InChI is InChI=1S/C88H63NO2/c1-52-39-45-73(53(2)47-52)89(58-41-43-62-69(48-58)86(5,6)83-81(62)84-80(64-35-21-24-38-75(64)91-84)79-61-33-19-22-36-67(61)85(3,4)82(79)83)59-40-42-60-65-50-72-66(51-71(65)88(70(60)49-59,56-29-15-9-16-30-56)57-31-17-10-18-32-57)77-68(44-46-76-78(77)63-34-20-23-37-74(63)90-76)87(72,54-25-11-7-12-26-54)55-27-13-8-14-28-55/h7-51H,1-6H3. The molecule has 19 rings (SSSR count). The topological polar surface area (TPSA) is 29.5 Å². The highest BCUT2D eigenvalue weighted by atomic mass is 16.3. The summed E-state index contributed by atoms with van der Waals surface area (Å²) in [4.78, 5) is 2.55. The average molecular weight is 1170 g/mol. The monoisotopic (exact) mass is 1170 g/mol. The molecule has 0 radical (unpaired) electrons. The van der Waals surface area contributed by atoms with Crippen molar-refractivity contribution in [3.05, 3.63) is 351 Å². The fourth-order valence-corrected chi connectivity index (χ4v) is 18.0. The lowest BCUT2D eigenvalue weighted by molar-refractivity contribution is 0.600. The minimum atomic E-state index is -0.756. The third-order valence-corrected chi connectivity index (χ3v) is 21.7. The number of benzene rings is 13. The molecule has 15 aromatic rings. The third-order valence-electron chi connectivity index (χ3n) is 21.7. The van der Waals surface area contributed by atoms with Gasteiger partial charge in [0.25, 0.3) is 0 Å². The van der Waals surface area contributed by atoms with Crippen LogP contribution in [0.5, 0.6) is 0 Å². The van der Waals surface area contributed by atoms with Gasteiger partial charge in [-0.2, -0.15) is 0 Å². The summed E-state index contributed by atoms with van der Waals surface area (Å²) in [5.74, 6) is 0. The molecule has 432 valence electrons. The lowest BCUT2D eigenvalue weighted by Crippen LogP contribution is -2.30. The van der Waals surface area contributed by atoms with Gasteiger partial charge in [-0.1, -0.05) is 246 Å². The Morgan fingerprint density at radius 2 is 0.791 bits per heavy atom. The highest BCUT2D eigenvalue weighted by Crippen LogP contribution is 2.67. The summed E-state index contributed by atoms with van der Waals surface area (Å²) >= 11 is 0. The van der Waals surface area contributed by atoms with Gasteiger partial charge in [-0.25, -0.2) is 0 Å². The van der Waals surface area contributed by atoms with Crippen LogP contribution in [-0.2, 0) is 21.7 Å². The first-order chi connectivity index (χ1) is 44.5. The summed E-state index contributed by atoms with van der Waals surface area (Å²) in [6, 6.07) is 103. The van der Waals surface area contributed by atoms with E-state index in [1.165, 1.54) is 133 Å². The van der Waals surface area contributed by atoms with E-state index in [0.717, 1.165) is 50.2 Å². The van der Waals surface area contributed by atoms with Crippen molar-refractivity contribution < 1.29 is 8.83 Å². The predicted octanol–water partition coefficient (Wildman–Crippen LogP) is 22.9. The number of anilines is 3. The normalized spacial score (nSPS) is 15.3. The quantitative estimate of drug-likeness (QED) is 0.159. The lowest BCUT2D eigenvalue weighted by Gasteiger charge is -2.36. The number of hydrogen-bond donors (Lipinski definition) is 0. The maximum Gasteiger partial charge on any atom is 0.144 e. The van der Waals surface area contributed by atoms with E-state index < -0.39 is 16.2 Å². The van der Waals surface area contributed by atoms with Gasteiger partial charge < -0.3 is 13.7 Å². The molecule has 0 saturated carbocycles. The predicted molar refractivity (Wildman–Crippen MR) is 375 cm³/mol. The van der Waals surface area contributed by atoms with Gasteiger partial charge in [-0.15, -0.1) is 0 Å². The van der Waals surface area contributed by atoms with Crippen LogP contribution in [0.15, 0.2) is 282 Å². The van der Waals surface area contributed by atoms with Gasteiger partial charge in [-0.3, -0.25) is 0 Å². The molecule has 0 unspecified atom stereocenters. The van der Waals surface area contributed by atoms with Crippen LogP contribution >= 0.6 is 0 Å². The van der Waals surface area contributed by atoms with E-state index in [1.54, 1.807) is 0 Å². The smallest absolute Gasteiger partial charge is 0.144 e. The second-order valence-corrected chi connectivity index (χ2v) is 27.1. The molecule has 13 aromatic carbocycles. The summed E-state index contributed by atoms with van der Waals surface area (Å²) in [5, 5.41) is 4.65. The molecule has 2 aromatic heterocycles. The van der Waals surface area contributed by atoms with Gasteiger partial charge >= 0.3 is 0 Å². The largest absolute Gasteiger partial charge is 0.456 e. The molecule has 0 aliphatic heterocycles. The van der Waals surface area contributed by atoms with Crippen molar-refractivity contribution >= 4 is 60.9 Å². The molecule has 0 amide bonds. The number of para-hydroxylation sites is 2. The van der Waals surface area contributed by atoms with Crippen molar-refractivity contribution in [3.8, 4) is 44.5 Å². The van der Waals surface area contributed by atoms with Crippen LogP contribution in [0, 0.1) is 13.8 Å². The molecule has 3 nitrogen and oxygen atoms in total. The Balaban J connectivity index is 0.886. The number of rotatable bonds is 7. The van der Waals surface area contributed by atoms with Crippen molar-refractivity contribution in [1.82, 2.24) is 0 Å². The molecule has 0 N–H and O–H groups in total. The Labute approximate surface area is 530 Å². The Kier molecular flexibility index (Phi) is 10.6. The molecule has 0 atom stereocenters. The lowest BCUT2D eigenvalue weighted by atomic mass is 9.66. The Bertz CT molecular complexity index is 5530. The Morgan fingerprint density at radius 1 is 0.308 bits per heavy atom. The van der Waals surface area contributed by atoms with Crippen LogP contribution in [0.25, 0.3) is 88.4 Å². The highest BCUT2D eigenvalue weighted by Gasteiger charge is 2.53. The van der Waals surface area contributed by atoms with Crippen molar-refractivity contribution in [2.75, 3.05) is 4.90 Å². The Morgan fingerprint density at radius 3 is 1.43 bits per heavy atom. The molecule has 4 aliphatic rings. The number of fused-ring (bicyclic) bond motifs is 22. The van der Waals surface area contributed by atoms with Crippen molar-refractivity contribution in [2.24, 2.45) is 0 Å². The molecule has 0 spiro atoms. The SMILES string of the molecule is Cc1ccc(N(c2ccc3c(c2)C(C)(C)c2c4c(c5c(oc6ccccc65)c2-3)-c2ccccc2C4(C)C)c2ccc3c(c2)C(c2ccccc2)(c2ccccc2)c2cc4c(cc2-3)C(c2ccccc2)(c2ccccc2)c2ccc3oc5ccccc5c3c2-4)c(C)c1. The Hall–Kier alpha value is -10.7. The fraction of sp³-hybridized carbons (Fsp3) is 0.114. The van der Waals surface area contributed by atoms with Crippen LogP contribution in [0.4, 0.5) is 17.1 Å². The summed E-state index contributed by atoms with van der Waals surface area (Å²) in [5.41, 5.74) is 32.7. The van der Waals surface area contributed by atoms with E-state index in [4.69, 9.17) is 8.83 Å². The molecule has 2 heterocycles. The summed E-state index contributed by atoms with van der Waals surface area (Å²) in [7, 11) is 0. The van der Waals surface area contributed by atoms with Crippen LogP contribution < -0.4 is 4.90 Å². The first kappa shape index (κ1) is 52.2. The van der Waals surface area contributed by atoms with Crippen molar-refractivity contribution in [3.63, 3.8) is 0 Å². The van der Waals surface area contributed by atoms with Crippen LogP contribution in [0.2, 0.25) is 0 Å². The zero-order chi connectivity index (χ0) is 60.9. The number of furan rings is 2. The third kappa shape index (κ3) is 6.67. The summed E-state index contributed by atoms with van der Waals surface area (Å²) in [6.45, 7) is 14.3. The van der Waals surface area contributed by atoms with Gasteiger partial charge in [-0.05, 0) is 186 Å². The average Bonchev–Trinajstić information content (AvgIpc) is 1.52. The summed E-state index contributed by atoms with van der Waals surface area (Å²) in [6.07, 6.45) is 0. The number of nitrogens with zero attached hydrogens (tertiary/aromatic N) is 1. The highest BCUT2D eigenvalue weighted by molar-refractivity contribution is 6.21. The first-order valence-electron chi connectivity index (χ1n) is 32.1. The second-order valence-electron chi connectivity index (χ2n) is 27.1. The molecule has 4 aliphatic carbocycles. The molecule has 0 bridgehead atoms. The van der Waals surface area contributed by atoms with Gasteiger partial charge in [0.15, 0.2) is 0 Å². The number of hydrogen-bond acceptors (Lipinski definition) is 3. The zero-order valence-electron chi connectivity index (χ0n) is 51.7. The van der Waals surface area contributed by atoms with E-state index in [9.17, 15) is 0 Å². The van der Waals surface area contributed by atoms with Crippen LogP contribution in [0.1, 0.15) is 106 Å². The molecular formula is C88H63NO2. The van der Waals surface area contributed by atoms with E-state index in [1.807, 2.05) is 0 Å². The van der Waals surface area contributed by atoms with E-state index in [-0.39, 0.29) is 5.41 Å². The van der Waals surface area contributed by atoms with E-state index in [2.05, 4.69) is 319 Å². The van der Waals surface area contributed by atoms with E-state index >= 15 is 0 Å². The van der Waals surface area contributed by atoms with Crippen LogP contribution in [0.3, 0.4) is 0 Å². The minimum Gasteiger partial charge on any atom is -0.456 e. The van der Waals surface area contributed by atoms with Crippen LogP contribution in [-0.4, -0.2) is 0 Å². The van der Waals surface area contributed by atoms with E-state index in [0.29, 0.717) is 0 Å². The maximum atomic E-state index is 7.18. The van der Waals surface area contributed by atoms with Crippen molar-refractivity contribution in [1.29, 1.82) is 0 Å². The first-order valence-corrected chi connectivity index (χ1v) is 32.1. The molecule has 0 saturated heterocycles.